The molecule has 16 heavy (non-hydrogen) atoms. The normalized spacial score (nSPS) is 11.9. The predicted molar refractivity (Wildman–Crippen MR) is 61.5 cm³/mol. The molecule has 0 heterocycles. The highest BCUT2D eigenvalue weighted by atomic mass is 16.3. The monoisotopic (exact) mass is 217 g/mol. The number of rotatable bonds is 3. The minimum Gasteiger partial charge on any atom is -0.507 e. The van der Waals surface area contributed by atoms with Crippen LogP contribution in [0, 0.1) is 11.3 Å². The molecule has 0 saturated heterocycles. The maximum Gasteiger partial charge on any atom is 0.164 e. The molecule has 1 N–H and O–H groups in total. The van der Waals surface area contributed by atoms with Crippen LogP contribution in [-0.2, 0) is 0 Å². The molecule has 1 aromatic carbocycles. The number of phenolic OH excluding ortho intramolecular Hbond substituents is 1. The summed E-state index contributed by atoms with van der Waals surface area (Å²) in [6.45, 7) is 5.40. The highest BCUT2D eigenvalue weighted by Gasteiger charge is 2.16. The number of benzene rings is 1. The first-order valence-corrected chi connectivity index (χ1v) is 5.29. The molecular formula is C13H15NO2. The number of aromatic hydroxyl groups is 1. The van der Waals surface area contributed by atoms with E-state index in [1.807, 2.05) is 19.9 Å². The molecule has 1 aromatic rings. The Kier molecular flexibility index (Phi) is 3.68. The lowest BCUT2D eigenvalue weighted by atomic mass is 9.93. The largest absolute Gasteiger partial charge is 0.507 e. The average molecular weight is 217 g/mol. The molecule has 84 valence electrons. The zero-order valence-electron chi connectivity index (χ0n) is 9.74. The van der Waals surface area contributed by atoms with Crippen molar-refractivity contribution in [1.29, 1.82) is 5.26 Å². The van der Waals surface area contributed by atoms with Crippen LogP contribution in [-0.4, -0.2) is 10.9 Å². The summed E-state index contributed by atoms with van der Waals surface area (Å²) < 4.78 is 0. The van der Waals surface area contributed by atoms with Crippen molar-refractivity contribution in [2.75, 3.05) is 0 Å². The number of carbonyl (C=O) groups is 1. The molecule has 0 spiro atoms. The van der Waals surface area contributed by atoms with Crippen LogP contribution in [0.4, 0.5) is 0 Å². The molecular weight excluding hydrogens is 202 g/mol. The standard InChI is InChI=1S/C13H15NO2/c1-4-8(2)10-5-11(7-14)13(9(3)15)12(16)6-10/h5-6,8,16H,4H2,1-3H3. The lowest BCUT2D eigenvalue weighted by Gasteiger charge is -2.12. The molecule has 3 nitrogen and oxygen atoms in total. The van der Waals surface area contributed by atoms with E-state index in [0.29, 0.717) is 0 Å². The second-order valence-corrected chi connectivity index (χ2v) is 3.94. The van der Waals surface area contributed by atoms with Gasteiger partial charge in [-0.2, -0.15) is 5.26 Å². The summed E-state index contributed by atoms with van der Waals surface area (Å²) in [6, 6.07) is 5.22. The molecule has 0 aliphatic carbocycles. The highest BCUT2D eigenvalue weighted by molar-refractivity contribution is 5.99. The van der Waals surface area contributed by atoms with E-state index in [0.717, 1.165) is 12.0 Å². The van der Waals surface area contributed by atoms with Crippen molar-refractivity contribution in [2.24, 2.45) is 0 Å². The first-order valence-electron chi connectivity index (χ1n) is 5.29. The fraction of sp³-hybridized carbons (Fsp3) is 0.385. The summed E-state index contributed by atoms with van der Waals surface area (Å²) in [4.78, 5) is 11.3. The smallest absolute Gasteiger partial charge is 0.164 e. The molecule has 0 aliphatic rings. The van der Waals surface area contributed by atoms with Gasteiger partial charge in [-0.05, 0) is 37.0 Å². The number of carbonyl (C=O) groups excluding carboxylic acids is 1. The Morgan fingerprint density at radius 2 is 2.19 bits per heavy atom. The fourth-order valence-electron chi connectivity index (χ4n) is 1.63. The quantitative estimate of drug-likeness (QED) is 0.792. The molecule has 0 fully saturated rings. The molecule has 0 radical (unpaired) electrons. The molecule has 1 atom stereocenters. The first kappa shape index (κ1) is 12.3. The van der Waals surface area contributed by atoms with E-state index >= 15 is 0 Å². The Morgan fingerprint density at radius 3 is 2.62 bits per heavy atom. The van der Waals surface area contributed by atoms with Crippen LogP contribution in [0.5, 0.6) is 5.75 Å². The molecule has 1 unspecified atom stereocenters. The van der Waals surface area contributed by atoms with Gasteiger partial charge in [0.25, 0.3) is 0 Å². The number of hydrogen-bond donors (Lipinski definition) is 1. The van der Waals surface area contributed by atoms with Gasteiger partial charge in [-0.15, -0.1) is 0 Å². The van der Waals surface area contributed by atoms with E-state index < -0.39 is 0 Å². The van der Waals surface area contributed by atoms with E-state index in [4.69, 9.17) is 5.26 Å². The first-order chi connectivity index (χ1) is 7.51. The van der Waals surface area contributed by atoms with Gasteiger partial charge in [-0.1, -0.05) is 13.8 Å². The lowest BCUT2D eigenvalue weighted by molar-refractivity contribution is 0.101. The Hall–Kier alpha value is -1.82. The zero-order chi connectivity index (χ0) is 12.3. The van der Waals surface area contributed by atoms with Gasteiger partial charge in [0.05, 0.1) is 11.1 Å². The van der Waals surface area contributed by atoms with E-state index in [1.54, 1.807) is 12.1 Å². The average Bonchev–Trinajstić information content (AvgIpc) is 2.26. The topological polar surface area (TPSA) is 61.1 Å². The SMILES string of the molecule is CCC(C)c1cc(O)c(C(C)=O)c(C#N)c1. The maximum absolute atomic E-state index is 11.3. The summed E-state index contributed by atoms with van der Waals surface area (Å²) in [6.07, 6.45) is 0.920. The van der Waals surface area contributed by atoms with Crippen molar-refractivity contribution in [1.82, 2.24) is 0 Å². The zero-order valence-corrected chi connectivity index (χ0v) is 9.74. The molecule has 0 amide bonds. The van der Waals surface area contributed by atoms with Gasteiger partial charge in [0, 0.05) is 0 Å². The van der Waals surface area contributed by atoms with Crippen molar-refractivity contribution in [3.63, 3.8) is 0 Å². The van der Waals surface area contributed by atoms with Gasteiger partial charge in [-0.3, -0.25) is 4.79 Å². The van der Waals surface area contributed by atoms with Crippen molar-refractivity contribution >= 4 is 5.78 Å². The second-order valence-electron chi connectivity index (χ2n) is 3.94. The van der Waals surface area contributed by atoms with Crippen molar-refractivity contribution in [2.45, 2.75) is 33.1 Å². The van der Waals surface area contributed by atoms with Gasteiger partial charge >= 0.3 is 0 Å². The third-order valence-corrected chi connectivity index (χ3v) is 2.79. The van der Waals surface area contributed by atoms with Gasteiger partial charge < -0.3 is 5.11 Å². The van der Waals surface area contributed by atoms with Gasteiger partial charge in [-0.25, -0.2) is 0 Å². The summed E-state index contributed by atoms with van der Waals surface area (Å²) in [5.41, 5.74) is 1.26. The number of ketones is 1. The van der Waals surface area contributed by atoms with E-state index in [1.165, 1.54) is 6.92 Å². The van der Waals surface area contributed by atoms with Crippen LogP contribution in [0.25, 0.3) is 0 Å². The van der Waals surface area contributed by atoms with Crippen molar-refractivity contribution < 1.29 is 9.90 Å². The summed E-state index contributed by atoms with van der Waals surface area (Å²) in [7, 11) is 0. The van der Waals surface area contributed by atoms with Crippen LogP contribution in [0.3, 0.4) is 0 Å². The molecule has 0 saturated carbocycles. The van der Waals surface area contributed by atoms with E-state index in [-0.39, 0.29) is 28.6 Å². The lowest BCUT2D eigenvalue weighted by Crippen LogP contribution is -2.01. The van der Waals surface area contributed by atoms with Crippen LogP contribution in [0.1, 0.15) is 54.6 Å². The van der Waals surface area contributed by atoms with E-state index in [2.05, 4.69) is 0 Å². The molecule has 0 aliphatic heterocycles. The number of nitriles is 1. The van der Waals surface area contributed by atoms with Gasteiger partial charge in [0.1, 0.15) is 11.8 Å². The minimum atomic E-state index is -0.287. The predicted octanol–water partition coefficient (Wildman–Crippen LogP) is 2.98. The Morgan fingerprint density at radius 1 is 1.56 bits per heavy atom. The summed E-state index contributed by atoms with van der Waals surface area (Å²) >= 11 is 0. The van der Waals surface area contributed by atoms with Crippen LogP contribution in [0.2, 0.25) is 0 Å². The number of hydrogen-bond acceptors (Lipinski definition) is 3. The molecule has 3 heteroatoms. The minimum absolute atomic E-state index is 0.0955. The Labute approximate surface area is 95.3 Å². The summed E-state index contributed by atoms with van der Waals surface area (Å²) in [5.74, 6) is -0.120. The van der Waals surface area contributed by atoms with Crippen LogP contribution < -0.4 is 0 Å². The van der Waals surface area contributed by atoms with Crippen LogP contribution >= 0.6 is 0 Å². The number of nitrogens with zero attached hydrogens (tertiary/aromatic N) is 1. The van der Waals surface area contributed by atoms with Gasteiger partial charge in [0.15, 0.2) is 5.78 Å². The fourth-order valence-corrected chi connectivity index (χ4v) is 1.63. The van der Waals surface area contributed by atoms with E-state index in [9.17, 15) is 9.90 Å². The van der Waals surface area contributed by atoms with Crippen LogP contribution in [0.15, 0.2) is 12.1 Å². The molecule has 0 aromatic heterocycles. The summed E-state index contributed by atoms with van der Waals surface area (Å²) in [5, 5.41) is 18.7. The highest BCUT2D eigenvalue weighted by Crippen LogP contribution is 2.29. The van der Waals surface area contributed by atoms with Crippen molar-refractivity contribution in [3.8, 4) is 11.8 Å². The number of phenols is 1. The van der Waals surface area contributed by atoms with Crippen molar-refractivity contribution in [3.05, 3.63) is 28.8 Å². The number of Topliss-reactive ketones (excluding diaryl/α,β-unsaturated/α-hetero) is 1. The second kappa shape index (κ2) is 4.80. The third kappa shape index (κ3) is 2.22. The molecule has 0 bridgehead atoms. The Bertz CT molecular complexity index is 458. The Balaban J connectivity index is 3.39. The molecule has 1 rings (SSSR count). The van der Waals surface area contributed by atoms with Gasteiger partial charge in [0.2, 0.25) is 0 Å². The maximum atomic E-state index is 11.3. The third-order valence-electron chi connectivity index (χ3n) is 2.79.